The monoisotopic (exact) mass is 320 g/mol. The van der Waals surface area contributed by atoms with E-state index in [-0.39, 0.29) is 5.97 Å². The zero-order chi connectivity index (χ0) is 15.9. The zero-order valence-corrected chi connectivity index (χ0v) is 13.8. The van der Waals surface area contributed by atoms with Crippen LogP contribution in [-0.4, -0.2) is 22.4 Å². The fraction of sp³-hybridized carbons (Fsp3) is 0.412. The molecule has 0 atom stereocenters. The Balaban J connectivity index is 2.42. The standard InChI is InChI=1S/C17H21ClN2O2/c1-3-5-8-14-11-16(17(21)22-4-2)20(19-14)15-9-6-7-13(10-15)12-18/h6-7,9-11H,3-5,8,12H2,1-2H3. The summed E-state index contributed by atoms with van der Waals surface area (Å²) in [6.45, 7) is 4.27. The second-order valence-corrected chi connectivity index (χ2v) is 5.33. The molecule has 1 aromatic heterocycles. The van der Waals surface area contributed by atoms with Crippen LogP contribution in [0.25, 0.3) is 5.69 Å². The maximum atomic E-state index is 12.2. The van der Waals surface area contributed by atoms with Crippen molar-refractivity contribution in [1.82, 2.24) is 9.78 Å². The van der Waals surface area contributed by atoms with Gasteiger partial charge in [0, 0.05) is 5.88 Å². The van der Waals surface area contributed by atoms with E-state index in [4.69, 9.17) is 16.3 Å². The van der Waals surface area contributed by atoms with Gasteiger partial charge in [0.15, 0.2) is 5.69 Å². The summed E-state index contributed by atoms with van der Waals surface area (Å²) in [6.07, 6.45) is 2.98. The van der Waals surface area contributed by atoms with Gasteiger partial charge in [0.2, 0.25) is 0 Å². The molecule has 0 bridgehead atoms. The summed E-state index contributed by atoms with van der Waals surface area (Å²) >= 11 is 5.89. The summed E-state index contributed by atoms with van der Waals surface area (Å²) in [4.78, 5) is 12.2. The smallest absolute Gasteiger partial charge is 0.357 e. The number of halogens is 1. The van der Waals surface area contributed by atoms with Crippen LogP contribution in [-0.2, 0) is 17.0 Å². The van der Waals surface area contributed by atoms with Crippen LogP contribution in [0.2, 0.25) is 0 Å². The van der Waals surface area contributed by atoms with Gasteiger partial charge in [0.25, 0.3) is 0 Å². The normalized spacial score (nSPS) is 10.7. The van der Waals surface area contributed by atoms with E-state index < -0.39 is 0 Å². The van der Waals surface area contributed by atoms with Crippen molar-refractivity contribution in [3.05, 3.63) is 47.3 Å². The first kappa shape index (κ1) is 16.6. The summed E-state index contributed by atoms with van der Waals surface area (Å²) in [7, 11) is 0. The maximum Gasteiger partial charge on any atom is 0.357 e. The minimum Gasteiger partial charge on any atom is -0.461 e. The third kappa shape index (κ3) is 3.89. The van der Waals surface area contributed by atoms with E-state index in [1.54, 1.807) is 11.6 Å². The first-order chi connectivity index (χ1) is 10.7. The molecule has 2 rings (SSSR count). The van der Waals surface area contributed by atoms with E-state index in [2.05, 4.69) is 12.0 Å². The predicted molar refractivity (Wildman–Crippen MR) is 87.7 cm³/mol. The lowest BCUT2D eigenvalue weighted by Crippen LogP contribution is -2.12. The molecule has 1 aromatic carbocycles. The minimum absolute atomic E-state index is 0.343. The van der Waals surface area contributed by atoms with Gasteiger partial charge in [-0.15, -0.1) is 11.6 Å². The molecule has 0 radical (unpaired) electrons. The molecule has 118 valence electrons. The van der Waals surface area contributed by atoms with Gasteiger partial charge in [-0.25, -0.2) is 9.48 Å². The number of carbonyl (C=O) groups is 1. The summed E-state index contributed by atoms with van der Waals surface area (Å²) in [5.74, 6) is 0.0704. The molecule has 0 fully saturated rings. The van der Waals surface area contributed by atoms with Gasteiger partial charge >= 0.3 is 5.97 Å². The van der Waals surface area contributed by atoms with E-state index in [1.807, 2.05) is 30.3 Å². The molecule has 0 aliphatic carbocycles. The van der Waals surface area contributed by atoms with Crippen LogP contribution < -0.4 is 0 Å². The van der Waals surface area contributed by atoms with Crippen LogP contribution in [0.15, 0.2) is 30.3 Å². The second-order valence-electron chi connectivity index (χ2n) is 5.06. The summed E-state index contributed by atoms with van der Waals surface area (Å²) in [5.41, 5.74) is 3.17. The quantitative estimate of drug-likeness (QED) is 0.569. The first-order valence-electron chi connectivity index (χ1n) is 7.61. The molecule has 0 N–H and O–H groups in total. The van der Waals surface area contributed by atoms with Gasteiger partial charge < -0.3 is 4.74 Å². The zero-order valence-electron chi connectivity index (χ0n) is 13.0. The highest BCUT2D eigenvalue weighted by Gasteiger charge is 2.17. The number of ether oxygens (including phenoxy) is 1. The molecule has 0 amide bonds. The second kappa shape index (κ2) is 7.99. The van der Waals surface area contributed by atoms with Gasteiger partial charge in [0.1, 0.15) is 0 Å². The number of rotatable bonds is 7. The molecule has 4 nitrogen and oxygen atoms in total. The third-order valence-electron chi connectivity index (χ3n) is 3.34. The fourth-order valence-corrected chi connectivity index (χ4v) is 2.40. The average molecular weight is 321 g/mol. The molecule has 2 aromatic rings. The highest BCUT2D eigenvalue weighted by molar-refractivity contribution is 6.17. The number of benzene rings is 1. The minimum atomic E-state index is -0.353. The van der Waals surface area contributed by atoms with E-state index in [0.717, 1.165) is 36.2 Å². The Hall–Kier alpha value is -1.81. The van der Waals surface area contributed by atoms with E-state index >= 15 is 0 Å². The van der Waals surface area contributed by atoms with Crippen molar-refractivity contribution in [2.75, 3.05) is 6.61 Å². The summed E-state index contributed by atoms with van der Waals surface area (Å²) < 4.78 is 6.79. The number of hydrogen-bond donors (Lipinski definition) is 0. The number of aryl methyl sites for hydroxylation is 1. The predicted octanol–water partition coefficient (Wildman–Crippen LogP) is 4.13. The van der Waals surface area contributed by atoms with Crippen molar-refractivity contribution in [3.63, 3.8) is 0 Å². The van der Waals surface area contributed by atoms with Gasteiger partial charge in [-0.05, 0) is 43.5 Å². The van der Waals surface area contributed by atoms with Gasteiger partial charge in [-0.1, -0.05) is 25.5 Å². The molecule has 0 saturated heterocycles. The Morgan fingerprint density at radius 2 is 2.14 bits per heavy atom. The molecular weight excluding hydrogens is 300 g/mol. The van der Waals surface area contributed by atoms with E-state index in [0.29, 0.717) is 18.2 Å². The molecule has 5 heteroatoms. The van der Waals surface area contributed by atoms with E-state index in [9.17, 15) is 4.79 Å². The topological polar surface area (TPSA) is 44.1 Å². The number of unbranched alkanes of at least 4 members (excludes halogenated alkanes) is 1. The highest BCUT2D eigenvalue weighted by Crippen LogP contribution is 2.17. The fourth-order valence-electron chi connectivity index (χ4n) is 2.23. The van der Waals surface area contributed by atoms with Crippen LogP contribution in [0.5, 0.6) is 0 Å². The molecule has 22 heavy (non-hydrogen) atoms. The SMILES string of the molecule is CCCCc1cc(C(=O)OCC)n(-c2cccc(CCl)c2)n1. The third-order valence-corrected chi connectivity index (χ3v) is 3.65. The molecule has 0 aliphatic heterocycles. The van der Waals surface area contributed by atoms with E-state index in [1.165, 1.54) is 0 Å². The number of carbonyl (C=O) groups excluding carboxylic acids is 1. The number of nitrogens with zero attached hydrogens (tertiary/aromatic N) is 2. The molecule has 0 aliphatic rings. The van der Waals surface area contributed by atoms with Crippen molar-refractivity contribution >= 4 is 17.6 Å². The molecule has 1 heterocycles. The maximum absolute atomic E-state index is 12.2. The highest BCUT2D eigenvalue weighted by atomic mass is 35.5. The lowest BCUT2D eigenvalue weighted by molar-refractivity contribution is 0.0515. The molecule has 0 spiro atoms. The van der Waals surface area contributed by atoms with Crippen molar-refractivity contribution in [1.29, 1.82) is 0 Å². The molecule has 0 saturated carbocycles. The average Bonchev–Trinajstić information content (AvgIpc) is 2.97. The largest absolute Gasteiger partial charge is 0.461 e. The molecular formula is C17H21ClN2O2. The van der Waals surface area contributed by atoms with Crippen LogP contribution in [0.1, 0.15) is 48.4 Å². The van der Waals surface area contributed by atoms with Gasteiger partial charge in [-0.3, -0.25) is 0 Å². The molecule has 0 unspecified atom stereocenters. The Labute approximate surface area is 136 Å². The van der Waals surface area contributed by atoms with Crippen LogP contribution in [0.4, 0.5) is 0 Å². The number of aromatic nitrogens is 2. The van der Waals surface area contributed by atoms with Crippen LogP contribution >= 0.6 is 11.6 Å². The number of alkyl halides is 1. The Morgan fingerprint density at radius 3 is 2.82 bits per heavy atom. The Bertz CT molecular complexity index is 637. The number of hydrogen-bond acceptors (Lipinski definition) is 3. The van der Waals surface area contributed by atoms with Crippen molar-refractivity contribution in [2.45, 2.75) is 39.0 Å². The Kier molecular flexibility index (Phi) is 6.01. The lowest BCUT2D eigenvalue weighted by atomic mass is 10.2. The van der Waals surface area contributed by atoms with Crippen LogP contribution in [0.3, 0.4) is 0 Å². The summed E-state index contributed by atoms with van der Waals surface area (Å²) in [5, 5.41) is 4.57. The Morgan fingerprint density at radius 1 is 1.32 bits per heavy atom. The van der Waals surface area contributed by atoms with Crippen molar-refractivity contribution in [3.8, 4) is 5.69 Å². The van der Waals surface area contributed by atoms with Crippen molar-refractivity contribution in [2.24, 2.45) is 0 Å². The summed E-state index contributed by atoms with van der Waals surface area (Å²) in [6, 6.07) is 9.53. The number of esters is 1. The lowest BCUT2D eigenvalue weighted by Gasteiger charge is -2.08. The van der Waals surface area contributed by atoms with Crippen molar-refractivity contribution < 1.29 is 9.53 Å². The van der Waals surface area contributed by atoms with Crippen LogP contribution in [0, 0.1) is 0 Å². The van der Waals surface area contributed by atoms with Gasteiger partial charge in [0.05, 0.1) is 18.0 Å². The first-order valence-corrected chi connectivity index (χ1v) is 8.14. The van der Waals surface area contributed by atoms with Gasteiger partial charge in [-0.2, -0.15) is 5.10 Å².